The summed E-state index contributed by atoms with van der Waals surface area (Å²) >= 11 is 0. The highest BCUT2D eigenvalue weighted by Crippen LogP contribution is 2.47. The van der Waals surface area contributed by atoms with Crippen LogP contribution in [0.5, 0.6) is 11.6 Å². The minimum atomic E-state index is -4.03. The lowest BCUT2D eigenvalue weighted by Gasteiger charge is -2.33. The number of allylic oxidation sites excluding steroid dienone is 1. The number of hydrogen-bond donors (Lipinski definition) is 4. The molecule has 4 aliphatic rings. The van der Waals surface area contributed by atoms with E-state index in [1.54, 1.807) is 19.1 Å². The predicted molar refractivity (Wildman–Crippen MR) is 187 cm³/mol. The second-order valence-corrected chi connectivity index (χ2v) is 17.1. The van der Waals surface area contributed by atoms with E-state index < -0.39 is 80.0 Å². The van der Waals surface area contributed by atoms with E-state index >= 15 is 0 Å². The Labute approximate surface area is 301 Å². The Morgan fingerprint density at radius 2 is 1.94 bits per heavy atom. The Morgan fingerprint density at radius 1 is 1.19 bits per heavy atom. The van der Waals surface area contributed by atoms with Crippen LogP contribution in [0.1, 0.15) is 72.1 Å². The zero-order valence-electron chi connectivity index (χ0n) is 29.7. The van der Waals surface area contributed by atoms with Crippen LogP contribution < -0.4 is 24.8 Å². The van der Waals surface area contributed by atoms with E-state index in [9.17, 15) is 37.1 Å². The van der Waals surface area contributed by atoms with Gasteiger partial charge in [-0.3, -0.25) is 19.1 Å². The second kappa shape index (κ2) is 14.2. The van der Waals surface area contributed by atoms with Gasteiger partial charge in [0.1, 0.15) is 35.3 Å². The number of carboxylic acid groups (broad SMARTS) is 1. The molecule has 6 rings (SSSR count). The van der Waals surface area contributed by atoms with Crippen LogP contribution >= 0.6 is 0 Å². The van der Waals surface area contributed by atoms with E-state index in [-0.39, 0.29) is 36.6 Å². The third-order valence-corrected chi connectivity index (χ3v) is 13.3. The molecule has 2 saturated carbocycles. The molecule has 0 unspecified atom stereocenters. The largest absolute Gasteiger partial charge is 0.497 e. The molecule has 4 amide bonds. The highest BCUT2D eigenvalue weighted by atomic mass is 32.2. The van der Waals surface area contributed by atoms with Crippen molar-refractivity contribution in [1.82, 2.24) is 25.2 Å². The van der Waals surface area contributed by atoms with Crippen LogP contribution in [0, 0.1) is 23.6 Å². The number of fused-ring (bicyclic) bond motifs is 3. The molecule has 282 valence electrons. The molecule has 3 fully saturated rings. The average Bonchev–Trinajstić information content (AvgIpc) is 3.98. The number of benzene rings is 1. The van der Waals surface area contributed by atoms with E-state index in [2.05, 4.69) is 20.3 Å². The van der Waals surface area contributed by atoms with Crippen LogP contribution in [-0.2, 0) is 24.4 Å². The van der Waals surface area contributed by atoms with Crippen molar-refractivity contribution in [3.8, 4) is 11.6 Å². The summed E-state index contributed by atoms with van der Waals surface area (Å²) < 4.78 is 53.7. The third kappa shape index (κ3) is 7.26. The average molecular weight is 744 g/mol. The van der Waals surface area contributed by atoms with E-state index in [4.69, 9.17) is 9.47 Å². The number of rotatable bonds is 8. The lowest BCUT2D eigenvalue weighted by molar-refractivity contribution is -0.142. The van der Waals surface area contributed by atoms with Crippen molar-refractivity contribution in [2.75, 3.05) is 13.7 Å². The van der Waals surface area contributed by atoms with Crippen LogP contribution in [0.15, 0.2) is 36.5 Å². The Bertz CT molecular complexity index is 1900. The molecule has 52 heavy (non-hydrogen) atoms. The summed E-state index contributed by atoms with van der Waals surface area (Å²) in [7, 11) is -2.57. The number of ether oxygens (including phenoxy) is 2. The van der Waals surface area contributed by atoms with Crippen LogP contribution in [0.25, 0.3) is 10.8 Å². The maximum atomic E-state index is 14.8. The minimum Gasteiger partial charge on any atom is -0.497 e. The molecule has 0 radical (unpaired) electrons. The molecule has 0 bridgehead atoms. The van der Waals surface area contributed by atoms with Gasteiger partial charge in [0, 0.05) is 23.1 Å². The van der Waals surface area contributed by atoms with Gasteiger partial charge in [-0.15, -0.1) is 0 Å². The molecule has 1 aromatic heterocycles. The monoisotopic (exact) mass is 743 g/mol. The molecule has 1 aromatic carbocycles. The van der Waals surface area contributed by atoms with Crippen LogP contribution in [-0.4, -0.2) is 89.4 Å². The molecule has 2 aromatic rings. The number of nitrogens with one attached hydrogen (secondary N) is 3. The number of carbonyl (C=O) groups excluding carboxylic acids is 3. The fourth-order valence-electron chi connectivity index (χ4n) is 7.49. The summed E-state index contributed by atoms with van der Waals surface area (Å²) in [5.41, 5.74) is -1.58. The van der Waals surface area contributed by atoms with Gasteiger partial charge in [-0.1, -0.05) is 32.4 Å². The van der Waals surface area contributed by atoms with Crippen LogP contribution in [0.4, 0.5) is 9.18 Å². The van der Waals surface area contributed by atoms with Gasteiger partial charge in [0.2, 0.25) is 27.7 Å². The van der Waals surface area contributed by atoms with E-state index in [0.29, 0.717) is 43.2 Å². The molecule has 1 saturated heterocycles. The zero-order chi connectivity index (χ0) is 37.6. The highest BCUT2D eigenvalue weighted by Gasteiger charge is 2.63. The van der Waals surface area contributed by atoms with Crippen molar-refractivity contribution in [1.29, 1.82) is 0 Å². The van der Waals surface area contributed by atoms with Crippen LogP contribution in [0.3, 0.4) is 0 Å². The van der Waals surface area contributed by atoms with Crippen molar-refractivity contribution in [3.63, 3.8) is 0 Å². The van der Waals surface area contributed by atoms with Gasteiger partial charge >= 0.3 is 6.09 Å². The quantitative estimate of drug-likeness (QED) is 0.290. The van der Waals surface area contributed by atoms with Crippen molar-refractivity contribution in [3.05, 3.63) is 42.4 Å². The molecule has 14 nitrogen and oxygen atoms in total. The summed E-state index contributed by atoms with van der Waals surface area (Å²) in [5, 5.41) is 15.6. The first kappa shape index (κ1) is 37.3. The predicted octanol–water partition coefficient (Wildman–Crippen LogP) is 3.64. The summed E-state index contributed by atoms with van der Waals surface area (Å²) in [6.45, 7) is 5.32. The molecule has 4 N–H and O–H groups in total. The molecule has 7 atom stereocenters. The molecular formula is C36H46FN5O9S. The van der Waals surface area contributed by atoms with E-state index in [1.807, 2.05) is 26.0 Å². The minimum absolute atomic E-state index is 0.0575. The second-order valence-electron chi connectivity index (χ2n) is 14.9. The molecule has 2 aliphatic heterocycles. The van der Waals surface area contributed by atoms with E-state index in [1.165, 1.54) is 18.1 Å². The number of methoxy groups -OCH3 is 1. The number of nitrogens with zero attached hydrogens (tertiary/aromatic N) is 2. The number of halogens is 1. The normalized spacial score (nSPS) is 30.8. The molecule has 2 aliphatic carbocycles. The Hall–Kier alpha value is -4.47. The molecule has 16 heteroatoms. The van der Waals surface area contributed by atoms with Crippen molar-refractivity contribution in [2.24, 2.45) is 17.8 Å². The van der Waals surface area contributed by atoms with E-state index in [0.717, 1.165) is 12.6 Å². The first-order chi connectivity index (χ1) is 24.6. The summed E-state index contributed by atoms with van der Waals surface area (Å²) in [4.78, 5) is 60.1. The number of amides is 4. The smallest absolute Gasteiger partial charge is 0.405 e. The topological polar surface area (TPSA) is 193 Å². The first-order valence-corrected chi connectivity index (χ1v) is 19.2. The standard InChI is InChI=1S/C36H46FN5O9S/c1-5-21-14-20(2)8-6-7-9-22-17-36(22,33(45)41-52(48,49)35(3)12-13-35)40-30(43)28-16-24(19-42(28)32(44)29(21)39-34(46)47)51-31-25-11-10-23(50-4)15-26(25)27(37)18-38-31/h7,9-11,15,18,20-22,24,28-29,39H,5-6,8,12-14,16-17,19H2,1-4H3,(H,40,43)(H,41,45)(H,46,47)/b9-7-/t20-,21-,22-,24-,28+,29+,36-/m1/s1. The van der Waals surface area contributed by atoms with Crippen LogP contribution in [0.2, 0.25) is 0 Å². The lowest BCUT2D eigenvalue weighted by Crippen LogP contribution is -2.59. The highest BCUT2D eigenvalue weighted by molar-refractivity contribution is 7.91. The maximum absolute atomic E-state index is 14.8. The number of pyridine rings is 1. The lowest BCUT2D eigenvalue weighted by atomic mass is 9.85. The van der Waals surface area contributed by atoms with Gasteiger partial charge in [-0.25, -0.2) is 22.6 Å². The molecular weight excluding hydrogens is 697 g/mol. The Morgan fingerprint density at radius 3 is 2.62 bits per heavy atom. The Balaban J connectivity index is 1.35. The molecule has 0 spiro atoms. The number of aromatic nitrogens is 1. The molecule has 3 heterocycles. The number of carbonyl (C=O) groups is 4. The van der Waals surface area contributed by atoms with Gasteiger partial charge in [0.25, 0.3) is 5.91 Å². The summed E-state index contributed by atoms with van der Waals surface area (Å²) in [6.07, 6.45) is 5.78. The van der Waals surface area contributed by atoms with Gasteiger partial charge in [0.15, 0.2) is 0 Å². The summed E-state index contributed by atoms with van der Waals surface area (Å²) in [6, 6.07) is 2.29. The van der Waals surface area contributed by atoms with Crippen molar-refractivity contribution in [2.45, 2.75) is 101 Å². The fourth-order valence-corrected chi connectivity index (χ4v) is 8.80. The first-order valence-electron chi connectivity index (χ1n) is 17.8. The van der Waals surface area contributed by atoms with Gasteiger partial charge in [-0.05, 0) is 75.5 Å². The summed E-state index contributed by atoms with van der Waals surface area (Å²) in [5.74, 6) is -3.11. The maximum Gasteiger partial charge on any atom is 0.405 e. The fraction of sp³-hybridized carbons (Fsp3) is 0.583. The van der Waals surface area contributed by atoms with Crippen molar-refractivity contribution < 1.29 is 46.6 Å². The van der Waals surface area contributed by atoms with Crippen molar-refractivity contribution >= 4 is 44.6 Å². The zero-order valence-corrected chi connectivity index (χ0v) is 30.5. The number of sulfonamides is 1. The van der Waals surface area contributed by atoms with Gasteiger partial charge < -0.3 is 30.1 Å². The Kier molecular flexibility index (Phi) is 10.2. The third-order valence-electron chi connectivity index (χ3n) is 11.2. The van der Waals surface area contributed by atoms with Gasteiger partial charge in [0.05, 0.1) is 24.6 Å². The van der Waals surface area contributed by atoms with Gasteiger partial charge in [-0.2, -0.15) is 0 Å². The number of hydrogen-bond acceptors (Lipinski definition) is 9. The SMILES string of the molecule is CC[C@@H]1C[C@H](C)CC/C=C\[C@@H]2C[C@@]2(C(=O)NS(=O)(=O)C2(C)CC2)NC(=O)[C@@H]2C[C@@H](Oc3ncc(F)c4cc(OC)ccc34)CN2C(=O)[C@H]1NC(=O)O.